The van der Waals surface area contributed by atoms with E-state index in [0.29, 0.717) is 17.9 Å². The second kappa shape index (κ2) is 7.91. The van der Waals surface area contributed by atoms with Crippen molar-refractivity contribution in [2.24, 2.45) is 0 Å². The first-order valence-electron chi connectivity index (χ1n) is 8.26. The van der Waals surface area contributed by atoms with Gasteiger partial charge in [0.2, 0.25) is 0 Å². The van der Waals surface area contributed by atoms with Crippen LogP contribution >= 0.6 is 23.8 Å². The van der Waals surface area contributed by atoms with E-state index in [4.69, 9.17) is 23.8 Å². The van der Waals surface area contributed by atoms with Crippen LogP contribution in [0, 0.1) is 10.1 Å². The van der Waals surface area contributed by atoms with Gasteiger partial charge in [-0.05, 0) is 49.5 Å². The van der Waals surface area contributed by atoms with E-state index in [9.17, 15) is 19.7 Å². The van der Waals surface area contributed by atoms with Crippen molar-refractivity contribution in [1.82, 2.24) is 14.4 Å². The number of thiocarbonyl (C=S) groups is 1. The number of alkyl halides is 1. The van der Waals surface area contributed by atoms with Gasteiger partial charge in [0.05, 0.1) is 4.92 Å². The highest BCUT2D eigenvalue weighted by Crippen LogP contribution is 2.23. The second-order valence-corrected chi connectivity index (χ2v) is 6.42. The van der Waals surface area contributed by atoms with Gasteiger partial charge in [-0.2, -0.15) is 0 Å². The standard InChI is InChI=1S/C18H15ClN4O4S/c1-2-20-16(24)15(17(25)22(11-19)18(20)28)10-14-4-3-9-21(14)12-5-7-13(8-6-12)23(26)27/h3-10H,2,11H2,1H3/b15-10-. The first-order chi connectivity index (χ1) is 13.4. The summed E-state index contributed by atoms with van der Waals surface area (Å²) in [4.78, 5) is 38.2. The lowest BCUT2D eigenvalue weighted by Gasteiger charge is -2.34. The van der Waals surface area contributed by atoms with Crippen LogP contribution in [0.25, 0.3) is 11.8 Å². The van der Waals surface area contributed by atoms with E-state index in [2.05, 4.69) is 0 Å². The largest absolute Gasteiger partial charge is 0.317 e. The molecule has 0 aliphatic carbocycles. The van der Waals surface area contributed by atoms with Crippen LogP contribution in [0.2, 0.25) is 0 Å². The molecule has 2 aromatic rings. The van der Waals surface area contributed by atoms with Gasteiger partial charge in [0.15, 0.2) is 5.11 Å². The summed E-state index contributed by atoms with van der Waals surface area (Å²) in [6, 6.07) is 9.25. The lowest BCUT2D eigenvalue weighted by atomic mass is 10.1. The Kier molecular flexibility index (Phi) is 5.57. The number of nitro groups is 1. The summed E-state index contributed by atoms with van der Waals surface area (Å²) in [5, 5.41) is 10.9. The van der Waals surface area contributed by atoms with Crippen molar-refractivity contribution < 1.29 is 14.5 Å². The highest BCUT2D eigenvalue weighted by atomic mass is 35.5. The summed E-state index contributed by atoms with van der Waals surface area (Å²) in [5.74, 6) is -1.05. The molecule has 3 rings (SSSR count). The molecule has 1 aromatic carbocycles. The molecule has 10 heteroatoms. The molecule has 1 aliphatic rings. The first-order valence-corrected chi connectivity index (χ1v) is 9.20. The molecule has 0 radical (unpaired) electrons. The normalized spacial score (nSPS) is 16.2. The van der Waals surface area contributed by atoms with Crippen molar-refractivity contribution >= 4 is 52.5 Å². The summed E-state index contributed by atoms with van der Waals surface area (Å²) in [6.45, 7) is 2.06. The fourth-order valence-corrected chi connectivity index (χ4v) is 3.49. The van der Waals surface area contributed by atoms with Crippen molar-refractivity contribution in [1.29, 1.82) is 0 Å². The van der Waals surface area contributed by atoms with E-state index in [1.54, 1.807) is 42.0 Å². The van der Waals surface area contributed by atoms with Gasteiger partial charge in [0, 0.05) is 36.3 Å². The van der Waals surface area contributed by atoms with Crippen LogP contribution < -0.4 is 0 Å². The molecule has 1 fully saturated rings. The predicted molar refractivity (Wildman–Crippen MR) is 108 cm³/mol. The molecule has 2 amide bonds. The number of nitrogens with zero attached hydrogens (tertiary/aromatic N) is 4. The predicted octanol–water partition coefficient (Wildman–Crippen LogP) is 2.94. The summed E-state index contributed by atoms with van der Waals surface area (Å²) < 4.78 is 1.71. The number of hydrogen-bond donors (Lipinski definition) is 0. The van der Waals surface area contributed by atoms with E-state index in [0.717, 1.165) is 4.90 Å². The third-order valence-electron chi connectivity index (χ3n) is 4.26. The van der Waals surface area contributed by atoms with Gasteiger partial charge in [-0.15, -0.1) is 11.6 Å². The van der Waals surface area contributed by atoms with E-state index >= 15 is 0 Å². The van der Waals surface area contributed by atoms with Gasteiger partial charge in [-0.25, -0.2) is 0 Å². The van der Waals surface area contributed by atoms with E-state index in [1.807, 2.05) is 0 Å². The minimum atomic E-state index is -0.564. The molecule has 8 nitrogen and oxygen atoms in total. The molecule has 0 N–H and O–H groups in total. The second-order valence-electron chi connectivity index (χ2n) is 5.82. The highest BCUT2D eigenvalue weighted by Gasteiger charge is 2.38. The maximum atomic E-state index is 12.7. The smallest absolute Gasteiger partial charge is 0.269 e. The molecule has 1 aromatic heterocycles. The zero-order chi connectivity index (χ0) is 20.4. The Labute approximate surface area is 170 Å². The third-order valence-corrected chi connectivity index (χ3v) is 4.94. The van der Waals surface area contributed by atoms with Gasteiger partial charge in [0.1, 0.15) is 11.6 Å². The monoisotopic (exact) mass is 418 g/mol. The van der Waals surface area contributed by atoms with E-state index < -0.39 is 16.7 Å². The van der Waals surface area contributed by atoms with Crippen LogP contribution in [0.3, 0.4) is 0 Å². The van der Waals surface area contributed by atoms with Crippen LogP contribution in [0.1, 0.15) is 12.6 Å². The maximum absolute atomic E-state index is 12.7. The number of rotatable bonds is 5. The quantitative estimate of drug-likeness (QED) is 0.142. The average molecular weight is 419 g/mol. The molecule has 1 aliphatic heterocycles. The lowest BCUT2D eigenvalue weighted by molar-refractivity contribution is -0.384. The van der Waals surface area contributed by atoms with Crippen LogP contribution in [0.4, 0.5) is 5.69 Å². The SMILES string of the molecule is CCN1C(=O)/C(=C/c2cccn2-c2ccc([N+](=O)[O-])cc2)C(=O)N(CCl)C1=S. The minimum absolute atomic E-state index is 0.0294. The fourth-order valence-electron chi connectivity index (χ4n) is 2.84. The molecular weight excluding hydrogens is 404 g/mol. The number of likely N-dealkylation sites (N-methyl/N-ethyl adjacent to an activating group) is 1. The number of carbonyl (C=O) groups is 2. The molecule has 0 saturated carbocycles. The Hall–Kier alpha value is -3.04. The molecule has 0 bridgehead atoms. The van der Waals surface area contributed by atoms with E-state index in [-0.39, 0.29) is 22.4 Å². The zero-order valence-electron chi connectivity index (χ0n) is 14.7. The minimum Gasteiger partial charge on any atom is -0.317 e. The number of benzene rings is 1. The van der Waals surface area contributed by atoms with Crippen LogP contribution in [-0.2, 0) is 9.59 Å². The first kappa shape index (κ1) is 19.7. The van der Waals surface area contributed by atoms with E-state index in [1.165, 1.54) is 23.1 Å². The molecule has 0 atom stereocenters. The van der Waals surface area contributed by atoms with Gasteiger partial charge in [-0.1, -0.05) is 0 Å². The zero-order valence-corrected chi connectivity index (χ0v) is 16.3. The van der Waals surface area contributed by atoms with Gasteiger partial charge < -0.3 is 4.57 Å². The number of nitro benzene ring substituents is 1. The molecular formula is C18H15ClN4O4S. The Morgan fingerprint density at radius 3 is 2.36 bits per heavy atom. The summed E-state index contributed by atoms with van der Waals surface area (Å²) >= 11 is 11.0. The van der Waals surface area contributed by atoms with Crippen molar-refractivity contribution in [3.05, 3.63) is 64.0 Å². The van der Waals surface area contributed by atoms with Crippen molar-refractivity contribution in [3.63, 3.8) is 0 Å². The third kappa shape index (κ3) is 3.41. The fraction of sp³-hybridized carbons (Fsp3) is 0.167. The molecule has 0 unspecified atom stereocenters. The van der Waals surface area contributed by atoms with Gasteiger partial charge in [-0.3, -0.25) is 29.5 Å². The number of amides is 2. The number of halogens is 1. The van der Waals surface area contributed by atoms with Crippen LogP contribution in [0.5, 0.6) is 0 Å². The lowest BCUT2D eigenvalue weighted by Crippen LogP contribution is -2.55. The van der Waals surface area contributed by atoms with Gasteiger partial charge >= 0.3 is 0 Å². The Balaban J connectivity index is 2.03. The van der Waals surface area contributed by atoms with Crippen LogP contribution in [0.15, 0.2) is 48.2 Å². The summed E-state index contributed by atoms with van der Waals surface area (Å²) in [7, 11) is 0. The number of carbonyl (C=O) groups excluding carboxylic acids is 2. The number of non-ortho nitro benzene ring substituents is 1. The molecule has 144 valence electrons. The van der Waals surface area contributed by atoms with Crippen molar-refractivity contribution in [2.75, 3.05) is 12.5 Å². The number of aromatic nitrogens is 1. The summed E-state index contributed by atoms with van der Waals surface area (Å²) in [5.41, 5.74) is 1.12. The summed E-state index contributed by atoms with van der Waals surface area (Å²) in [6.07, 6.45) is 3.20. The van der Waals surface area contributed by atoms with Crippen molar-refractivity contribution in [3.8, 4) is 5.69 Å². The van der Waals surface area contributed by atoms with Gasteiger partial charge in [0.25, 0.3) is 17.5 Å². The molecule has 28 heavy (non-hydrogen) atoms. The van der Waals surface area contributed by atoms with Crippen LogP contribution in [-0.4, -0.2) is 48.8 Å². The molecule has 0 spiro atoms. The van der Waals surface area contributed by atoms with Crippen molar-refractivity contribution in [2.45, 2.75) is 6.92 Å². The highest BCUT2D eigenvalue weighted by molar-refractivity contribution is 7.80. The topological polar surface area (TPSA) is 88.7 Å². The maximum Gasteiger partial charge on any atom is 0.269 e. The molecule has 2 heterocycles. The Morgan fingerprint density at radius 1 is 1.14 bits per heavy atom. The Morgan fingerprint density at radius 2 is 1.79 bits per heavy atom. The average Bonchev–Trinajstić information content (AvgIpc) is 3.14. The molecule has 1 saturated heterocycles. The number of hydrogen-bond acceptors (Lipinski definition) is 5. The Bertz CT molecular complexity index is 971.